The number of carbonyl (C=O) groups is 3. The third-order valence-corrected chi connectivity index (χ3v) is 6.96. The zero-order chi connectivity index (χ0) is 25.7. The van der Waals surface area contributed by atoms with Crippen molar-refractivity contribution in [2.45, 2.75) is 44.3 Å². The Kier molecular flexibility index (Phi) is 7.82. The van der Waals surface area contributed by atoms with Crippen molar-refractivity contribution in [3.63, 3.8) is 0 Å². The number of aliphatic hydroxyl groups excluding tert-OH is 1. The van der Waals surface area contributed by atoms with Crippen molar-refractivity contribution < 1.29 is 29.3 Å². The van der Waals surface area contributed by atoms with E-state index in [1.807, 2.05) is 49.4 Å². The Morgan fingerprint density at radius 2 is 1.67 bits per heavy atom. The molecule has 2 aromatic rings. The summed E-state index contributed by atoms with van der Waals surface area (Å²) in [7, 11) is 0. The lowest BCUT2D eigenvalue weighted by molar-refractivity contribution is -0.146. The fourth-order valence-electron chi connectivity index (χ4n) is 4.94. The van der Waals surface area contributed by atoms with Crippen molar-refractivity contribution in [1.82, 2.24) is 4.90 Å². The largest absolute Gasteiger partial charge is 0.481 e. The number of aliphatic carboxylic acids is 1. The second-order valence-electron chi connectivity index (χ2n) is 9.21. The summed E-state index contributed by atoms with van der Waals surface area (Å²) >= 11 is 0. The molecular weight excluding hydrogens is 458 g/mol. The highest BCUT2D eigenvalue weighted by atomic mass is 16.5. The monoisotopic (exact) mass is 489 g/mol. The fraction of sp³-hybridized carbons (Fsp3) is 0.345. The second-order valence-corrected chi connectivity index (χ2v) is 9.21. The van der Waals surface area contributed by atoms with Gasteiger partial charge in [-0.2, -0.15) is 0 Å². The molecule has 0 saturated heterocycles. The number of carboxylic acid groups (broad SMARTS) is 1. The van der Waals surface area contributed by atoms with Gasteiger partial charge in [-0.15, -0.1) is 0 Å². The maximum Gasteiger partial charge on any atom is 0.309 e. The van der Waals surface area contributed by atoms with Crippen molar-refractivity contribution in [2.75, 3.05) is 13.2 Å². The number of aliphatic hydroxyl groups is 1. The minimum Gasteiger partial charge on any atom is -0.481 e. The summed E-state index contributed by atoms with van der Waals surface area (Å²) in [5, 5.41) is 20.6. The lowest BCUT2D eigenvalue weighted by Crippen LogP contribution is -2.38. The molecule has 1 aliphatic heterocycles. The van der Waals surface area contributed by atoms with E-state index < -0.39 is 35.4 Å². The summed E-state index contributed by atoms with van der Waals surface area (Å²) < 4.78 is 6.06. The number of benzene rings is 2. The zero-order valence-corrected chi connectivity index (χ0v) is 20.3. The molecule has 1 aliphatic carbocycles. The summed E-state index contributed by atoms with van der Waals surface area (Å²) in [5.74, 6) is -3.14. The van der Waals surface area contributed by atoms with Crippen LogP contribution in [0.3, 0.4) is 0 Å². The predicted molar refractivity (Wildman–Crippen MR) is 135 cm³/mol. The van der Waals surface area contributed by atoms with Gasteiger partial charge in [-0.25, -0.2) is 0 Å². The minimum absolute atomic E-state index is 0.0303. The molecule has 3 unspecified atom stereocenters. The average Bonchev–Trinajstić information content (AvgIpc) is 3.13. The van der Waals surface area contributed by atoms with Gasteiger partial charge in [-0.1, -0.05) is 60.7 Å². The van der Waals surface area contributed by atoms with E-state index in [9.17, 15) is 24.6 Å². The van der Waals surface area contributed by atoms with Crippen LogP contribution in [0.15, 0.2) is 72.8 Å². The van der Waals surface area contributed by atoms with E-state index >= 15 is 0 Å². The van der Waals surface area contributed by atoms with Gasteiger partial charge in [-0.3, -0.25) is 19.3 Å². The van der Waals surface area contributed by atoms with E-state index in [0.29, 0.717) is 30.6 Å². The topological polar surface area (TPSA) is 104 Å². The lowest BCUT2D eigenvalue weighted by Gasteiger charge is -2.34. The minimum atomic E-state index is -1.16. The molecule has 4 rings (SSSR count). The van der Waals surface area contributed by atoms with Crippen LogP contribution in [0, 0.1) is 5.92 Å². The van der Waals surface area contributed by atoms with Gasteiger partial charge in [0.2, 0.25) is 0 Å². The van der Waals surface area contributed by atoms with Crippen molar-refractivity contribution in [3.8, 4) is 0 Å². The van der Waals surface area contributed by atoms with E-state index in [1.54, 1.807) is 24.3 Å². The molecule has 1 heterocycles. The van der Waals surface area contributed by atoms with Crippen molar-refractivity contribution >= 4 is 23.4 Å². The Bertz CT molecular complexity index is 1150. The Morgan fingerprint density at radius 3 is 2.22 bits per heavy atom. The number of ether oxygens (including phenoxy) is 1. The first-order chi connectivity index (χ1) is 17.3. The van der Waals surface area contributed by atoms with Crippen LogP contribution in [0.5, 0.6) is 0 Å². The number of hydrogen-bond donors (Lipinski definition) is 2. The predicted octanol–water partition coefficient (Wildman–Crippen LogP) is 4.33. The van der Waals surface area contributed by atoms with E-state index in [2.05, 4.69) is 6.08 Å². The van der Waals surface area contributed by atoms with E-state index in [1.165, 1.54) is 0 Å². The molecule has 0 fully saturated rings. The SMILES string of the molecule is CCOC1(CCC(O)C(CCN2C(=O)c3ccccc3C2=O)C(=O)O)C=CC(c2ccccc2)=CC1. The molecule has 2 aromatic carbocycles. The Balaban J connectivity index is 1.38. The number of allylic oxidation sites excluding steroid dienone is 2. The first kappa shape index (κ1) is 25.5. The standard InChI is InChI=1S/C29H31NO6/c1-2-36-29(16-12-21(13-17-29)20-8-4-3-5-9-20)18-14-25(31)24(28(34)35)15-19-30-26(32)22-10-6-7-11-23(22)27(30)33/h3-13,16,24-25,31H,2,14-15,17-19H2,1H3,(H,34,35). The van der Waals surface area contributed by atoms with Gasteiger partial charge in [0.1, 0.15) is 0 Å². The van der Waals surface area contributed by atoms with Gasteiger partial charge in [-0.05, 0) is 55.9 Å². The van der Waals surface area contributed by atoms with E-state index in [4.69, 9.17) is 4.74 Å². The molecule has 188 valence electrons. The molecule has 0 spiro atoms. The number of hydrogen-bond acceptors (Lipinski definition) is 5. The smallest absolute Gasteiger partial charge is 0.309 e. The van der Waals surface area contributed by atoms with Crippen molar-refractivity contribution in [2.24, 2.45) is 5.92 Å². The third-order valence-electron chi connectivity index (χ3n) is 6.96. The molecule has 0 saturated carbocycles. The van der Waals surface area contributed by atoms with Crippen molar-refractivity contribution in [1.29, 1.82) is 0 Å². The quantitative estimate of drug-likeness (QED) is 0.455. The second kappa shape index (κ2) is 11.0. The molecule has 2 N–H and O–H groups in total. The molecule has 2 amide bonds. The highest BCUT2D eigenvalue weighted by molar-refractivity contribution is 6.21. The summed E-state index contributed by atoms with van der Waals surface area (Å²) in [6.07, 6.45) is 6.19. The van der Waals surface area contributed by atoms with Gasteiger partial charge in [0.15, 0.2) is 0 Å². The van der Waals surface area contributed by atoms with Crippen molar-refractivity contribution in [3.05, 3.63) is 89.5 Å². The number of carboxylic acids is 1. The molecule has 0 radical (unpaired) electrons. The molecule has 7 heteroatoms. The highest BCUT2D eigenvalue weighted by Gasteiger charge is 2.37. The Labute approximate surface area is 210 Å². The normalized spacial score (nSPS) is 20.7. The van der Waals surface area contributed by atoms with E-state index in [0.717, 1.165) is 16.0 Å². The number of nitrogens with zero attached hydrogens (tertiary/aromatic N) is 1. The van der Waals surface area contributed by atoms with Crippen LogP contribution < -0.4 is 0 Å². The molecule has 36 heavy (non-hydrogen) atoms. The molecule has 0 aromatic heterocycles. The van der Waals surface area contributed by atoms with Gasteiger partial charge >= 0.3 is 5.97 Å². The molecule has 0 bridgehead atoms. The Morgan fingerprint density at radius 1 is 1.03 bits per heavy atom. The lowest BCUT2D eigenvalue weighted by atomic mass is 9.83. The zero-order valence-electron chi connectivity index (χ0n) is 20.3. The third kappa shape index (κ3) is 5.32. The maximum atomic E-state index is 12.6. The number of imide groups is 1. The van der Waals surface area contributed by atoms with Gasteiger partial charge in [0.25, 0.3) is 11.8 Å². The highest BCUT2D eigenvalue weighted by Crippen LogP contribution is 2.34. The van der Waals surface area contributed by atoms with Crippen LogP contribution in [0.2, 0.25) is 0 Å². The average molecular weight is 490 g/mol. The van der Waals surface area contributed by atoms with Crippen LogP contribution in [-0.4, -0.2) is 57.8 Å². The number of rotatable bonds is 11. The summed E-state index contributed by atoms with van der Waals surface area (Å²) in [6.45, 7) is 2.32. The van der Waals surface area contributed by atoms with Crippen LogP contribution >= 0.6 is 0 Å². The number of fused-ring (bicyclic) bond motifs is 1. The van der Waals surface area contributed by atoms with E-state index in [-0.39, 0.29) is 19.4 Å². The first-order valence-corrected chi connectivity index (χ1v) is 12.3. The van der Waals surface area contributed by atoms with Crippen LogP contribution in [0.25, 0.3) is 5.57 Å². The molecular formula is C29H31NO6. The van der Waals surface area contributed by atoms with Gasteiger partial charge in [0.05, 0.1) is 28.7 Å². The number of carbonyl (C=O) groups excluding carboxylic acids is 2. The fourth-order valence-corrected chi connectivity index (χ4v) is 4.94. The van der Waals surface area contributed by atoms with Crippen LogP contribution in [-0.2, 0) is 9.53 Å². The van der Waals surface area contributed by atoms with Gasteiger partial charge in [0, 0.05) is 13.2 Å². The first-order valence-electron chi connectivity index (χ1n) is 12.3. The number of amides is 2. The maximum absolute atomic E-state index is 12.6. The summed E-state index contributed by atoms with van der Waals surface area (Å²) in [5.41, 5.74) is 2.22. The Hall–Kier alpha value is -3.55. The van der Waals surface area contributed by atoms with Crippen LogP contribution in [0.4, 0.5) is 0 Å². The molecule has 2 aliphatic rings. The van der Waals surface area contributed by atoms with Gasteiger partial charge < -0.3 is 14.9 Å². The summed E-state index contributed by atoms with van der Waals surface area (Å²) in [6, 6.07) is 16.6. The molecule has 7 nitrogen and oxygen atoms in total. The summed E-state index contributed by atoms with van der Waals surface area (Å²) in [4.78, 5) is 38.2. The molecule has 3 atom stereocenters. The van der Waals surface area contributed by atoms with Crippen LogP contribution in [0.1, 0.15) is 58.9 Å².